The fourth-order valence-corrected chi connectivity index (χ4v) is 3.88. The maximum atomic E-state index is 5.80. The predicted octanol–water partition coefficient (Wildman–Crippen LogP) is 3.10. The minimum absolute atomic E-state index is 0.209. The van der Waals surface area contributed by atoms with Crippen molar-refractivity contribution in [2.45, 2.75) is 25.9 Å². The Bertz CT molecular complexity index is 946. The van der Waals surface area contributed by atoms with Gasteiger partial charge in [-0.15, -0.1) is 0 Å². The van der Waals surface area contributed by atoms with Gasteiger partial charge in [-0.1, -0.05) is 6.07 Å². The third-order valence-electron chi connectivity index (χ3n) is 5.36. The molecule has 1 atom stereocenters. The van der Waals surface area contributed by atoms with Crippen LogP contribution in [0.25, 0.3) is 11.0 Å². The average molecular weight is 334 g/mol. The van der Waals surface area contributed by atoms with Gasteiger partial charge in [-0.05, 0) is 60.8 Å². The first-order valence-electron chi connectivity index (χ1n) is 8.99. The highest BCUT2D eigenvalue weighted by molar-refractivity contribution is 5.78. The Balaban J connectivity index is 1.56. The van der Waals surface area contributed by atoms with Gasteiger partial charge in [0.1, 0.15) is 12.4 Å². The number of anilines is 1. The molecule has 5 heteroatoms. The highest BCUT2D eigenvalue weighted by Crippen LogP contribution is 2.33. The number of aromatic nitrogens is 2. The molecule has 2 aliphatic heterocycles. The molecule has 3 aromatic rings. The lowest BCUT2D eigenvalue weighted by Crippen LogP contribution is -2.23. The molecule has 0 saturated heterocycles. The second kappa shape index (κ2) is 5.77. The van der Waals surface area contributed by atoms with Crippen LogP contribution in [0.5, 0.6) is 5.75 Å². The minimum atomic E-state index is 0.209. The van der Waals surface area contributed by atoms with E-state index in [9.17, 15) is 0 Å². The van der Waals surface area contributed by atoms with Crippen molar-refractivity contribution in [3.63, 3.8) is 0 Å². The van der Waals surface area contributed by atoms with Gasteiger partial charge in [-0.25, -0.2) is 4.98 Å². The Morgan fingerprint density at radius 3 is 3.08 bits per heavy atom. The Morgan fingerprint density at radius 2 is 2.12 bits per heavy atom. The molecule has 0 radical (unpaired) electrons. The molecular formula is C20H22N4O. The van der Waals surface area contributed by atoms with Crippen molar-refractivity contribution in [3.05, 3.63) is 53.3 Å². The van der Waals surface area contributed by atoms with E-state index in [1.807, 2.05) is 6.33 Å². The summed E-state index contributed by atoms with van der Waals surface area (Å²) in [6.45, 7) is 5.81. The van der Waals surface area contributed by atoms with Crippen LogP contribution in [0.2, 0.25) is 0 Å². The topological polar surface area (TPSA) is 51.1 Å². The monoisotopic (exact) mass is 334 g/mol. The van der Waals surface area contributed by atoms with Crippen LogP contribution < -0.4 is 15.4 Å². The minimum Gasteiger partial charge on any atom is -0.490 e. The van der Waals surface area contributed by atoms with Crippen LogP contribution in [-0.4, -0.2) is 29.2 Å². The van der Waals surface area contributed by atoms with Crippen LogP contribution in [0, 0.1) is 0 Å². The molecule has 25 heavy (non-hydrogen) atoms. The summed E-state index contributed by atoms with van der Waals surface area (Å²) < 4.78 is 8.07. The van der Waals surface area contributed by atoms with Crippen molar-refractivity contribution < 1.29 is 4.74 Å². The number of imidazole rings is 1. The van der Waals surface area contributed by atoms with Crippen LogP contribution >= 0.6 is 0 Å². The third-order valence-corrected chi connectivity index (χ3v) is 5.36. The number of ether oxygens (including phenoxy) is 1. The van der Waals surface area contributed by atoms with Crippen LogP contribution in [0.4, 0.5) is 5.69 Å². The van der Waals surface area contributed by atoms with Crippen molar-refractivity contribution in [2.75, 3.05) is 25.0 Å². The average Bonchev–Trinajstić information content (AvgIpc) is 3.08. The van der Waals surface area contributed by atoms with Crippen LogP contribution in [0.1, 0.15) is 29.7 Å². The number of rotatable bonds is 2. The summed E-state index contributed by atoms with van der Waals surface area (Å²) in [7, 11) is 0. The number of benzene rings is 2. The number of hydrogen-bond donors (Lipinski definition) is 2. The number of nitrogens with zero attached hydrogens (tertiary/aromatic N) is 2. The fourth-order valence-electron chi connectivity index (χ4n) is 3.88. The van der Waals surface area contributed by atoms with Crippen LogP contribution in [-0.2, 0) is 13.0 Å². The molecule has 2 aliphatic rings. The van der Waals surface area contributed by atoms with E-state index in [4.69, 9.17) is 4.74 Å². The number of nitrogens with one attached hydrogen (secondary N) is 2. The second-order valence-corrected chi connectivity index (χ2v) is 6.90. The van der Waals surface area contributed by atoms with E-state index >= 15 is 0 Å². The van der Waals surface area contributed by atoms with Gasteiger partial charge in [0.25, 0.3) is 0 Å². The van der Waals surface area contributed by atoms with Crippen molar-refractivity contribution in [1.29, 1.82) is 0 Å². The summed E-state index contributed by atoms with van der Waals surface area (Å²) >= 11 is 0. The van der Waals surface area contributed by atoms with Crippen molar-refractivity contribution >= 4 is 16.7 Å². The lowest BCUT2D eigenvalue weighted by Gasteiger charge is -2.22. The normalized spacial score (nSPS) is 17.3. The van der Waals surface area contributed by atoms with E-state index in [0.717, 1.165) is 49.6 Å². The Labute approximate surface area is 147 Å². The molecule has 0 fully saturated rings. The van der Waals surface area contributed by atoms with E-state index in [-0.39, 0.29) is 6.04 Å². The summed E-state index contributed by atoms with van der Waals surface area (Å²) in [5.74, 6) is 0.948. The van der Waals surface area contributed by atoms with Gasteiger partial charge in [0.15, 0.2) is 0 Å². The quantitative estimate of drug-likeness (QED) is 0.756. The largest absolute Gasteiger partial charge is 0.490 e. The van der Waals surface area contributed by atoms with E-state index < -0.39 is 0 Å². The Morgan fingerprint density at radius 1 is 1.16 bits per heavy atom. The highest BCUT2D eigenvalue weighted by Gasteiger charge is 2.18. The molecule has 2 N–H and O–H groups in total. The molecule has 128 valence electrons. The van der Waals surface area contributed by atoms with Gasteiger partial charge in [-0.2, -0.15) is 0 Å². The van der Waals surface area contributed by atoms with Crippen molar-refractivity contribution in [1.82, 2.24) is 14.9 Å². The SMILES string of the molecule is C[C@H](c1ccc2c(c1)OCCN2)n1cnc2cc3c(cc21)CCNC3. The summed E-state index contributed by atoms with van der Waals surface area (Å²) in [4.78, 5) is 4.65. The highest BCUT2D eigenvalue weighted by atomic mass is 16.5. The summed E-state index contributed by atoms with van der Waals surface area (Å²) in [5.41, 5.74) is 7.43. The van der Waals surface area contributed by atoms with Crippen molar-refractivity contribution in [2.24, 2.45) is 0 Å². The summed E-state index contributed by atoms with van der Waals surface area (Å²) in [5, 5.41) is 6.81. The van der Waals surface area contributed by atoms with Crippen LogP contribution in [0.3, 0.4) is 0 Å². The van der Waals surface area contributed by atoms with Gasteiger partial charge in [-0.3, -0.25) is 0 Å². The van der Waals surface area contributed by atoms with Crippen LogP contribution in [0.15, 0.2) is 36.7 Å². The van der Waals surface area contributed by atoms with Gasteiger partial charge in [0.05, 0.1) is 29.1 Å². The first-order chi connectivity index (χ1) is 12.3. The van der Waals surface area contributed by atoms with E-state index in [2.05, 4.69) is 57.4 Å². The Hall–Kier alpha value is -2.53. The van der Waals surface area contributed by atoms with Gasteiger partial charge in [0, 0.05) is 13.1 Å². The molecule has 0 unspecified atom stereocenters. The zero-order valence-corrected chi connectivity index (χ0v) is 14.4. The first kappa shape index (κ1) is 14.8. The molecule has 0 saturated carbocycles. The molecule has 3 heterocycles. The summed E-state index contributed by atoms with van der Waals surface area (Å²) in [6, 6.07) is 11.2. The zero-order valence-electron chi connectivity index (χ0n) is 14.4. The van der Waals surface area contributed by atoms with E-state index in [0.29, 0.717) is 0 Å². The van der Waals surface area contributed by atoms with E-state index in [1.54, 1.807) is 0 Å². The standard InChI is InChI=1S/C20H22N4O/c1-13(14-2-3-17-20(10-14)25-7-6-22-17)24-12-23-18-8-16-11-21-5-4-15(16)9-19(18)24/h2-3,8-10,12-13,21-22H,4-7,11H2,1H3/t13-/m1/s1. The molecule has 0 aliphatic carbocycles. The molecule has 0 spiro atoms. The molecule has 0 bridgehead atoms. The molecule has 2 aromatic carbocycles. The molecule has 5 rings (SSSR count). The maximum Gasteiger partial charge on any atom is 0.142 e. The first-order valence-corrected chi connectivity index (χ1v) is 8.99. The third kappa shape index (κ3) is 2.46. The second-order valence-electron chi connectivity index (χ2n) is 6.90. The maximum absolute atomic E-state index is 5.80. The van der Waals surface area contributed by atoms with Gasteiger partial charge in [0.2, 0.25) is 0 Å². The lowest BCUT2D eigenvalue weighted by atomic mass is 10.00. The number of hydrogen-bond acceptors (Lipinski definition) is 4. The Kier molecular flexibility index (Phi) is 3.41. The van der Waals surface area contributed by atoms with Gasteiger partial charge >= 0.3 is 0 Å². The molecule has 1 aromatic heterocycles. The number of fused-ring (bicyclic) bond motifs is 3. The van der Waals surface area contributed by atoms with Crippen molar-refractivity contribution in [3.8, 4) is 5.75 Å². The smallest absolute Gasteiger partial charge is 0.142 e. The summed E-state index contributed by atoms with van der Waals surface area (Å²) in [6.07, 6.45) is 3.05. The lowest BCUT2D eigenvalue weighted by molar-refractivity contribution is 0.322. The predicted molar refractivity (Wildman–Crippen MR) is 99.4 cm³/mol. The van der Waals surface area contributed by atoms with Gasteiger partial charge < -0.3 is 19.9 Å². The zero-order chi connectivity index (χ0) is 16.8. The molecule has 0 amide bonds. The fraction of sp³-hybridized carbons (Fsp3) is 0.350. The molecular weight excluding hydrogens is 312 g/mol. The van der Waals surface area contributed by atoms with E-state index in [1.165, 1.54) is 22.2 Å². The molecule has 5 nitrogen and oxygen atoms in total.